The number of ether oxygens (including phenoxy) is 1. The molecule has 1 N–H and O–H groups in total. The molecular weight excluding hydrogens is 536 g/mol. The molecule has 0 bridgehead atoms. The summed E-state index contributed by atoms with van der Waals surface area (Å²) in [5.41, 5.74) is 2.13. The van der Waals surface area contributed by atoms with Crippen molar-refractivity contribution < 1.29 is 18.3 Å². The summed E-state index contributed by atoms with van der Waals surface area (Å²) in [6, 6.07) is 23.0. The maximum atomic E-state index is 15.8. The largest absolute Gasteiger partial charge is 0.491 e. The van der Waals surface area contributed by atoms with E-state index in [-0.39, 0.29) is 35.7 Å². The molecule has 2 aliphatic rings. The molecule has 216 valence electrons. The van der Waals surface area contributed by atoms with E-state index < -0.39 is 17.4 Å². The van der Waals surface area contributed by atoms with Crippen molar-refractivity contribution in [3.8, 4) is 16.9 Å². The summed E-state index contributed by atoms with van der Waals surface area (Å²) in [7, 11) is 0. The van der Waals surface area contributed by atoms with E-state index in [4.69, 9.17) is 9.72 Å². The van der Waals surface area contributed by atoms with Gasteiger partial charge >= 0.3 is 5.92 Å². The second kappa shape index (κ2) is 10.8. The van der Waals surface area contributed by atoms with Crippen LogP contribution in [-0.4, -0.2) is 33.4 Å². The number of hydrogen-bond donors (Lipinski definition) is 1. The third-order valence-electron chi connectivity index (χ3n) is 8.14. The quantitative estimate of drug-likeness (QED) is 0.281. The van der Waals surface area contributed by atoms with E-state index in [1.165, 1.54) is 18.2 Å². The lowest BCUT2D eigenvalue weighted by atomic mass is 9.94. The Balaban J connectivity index is 1.26. The van der Waals surface area contributed by atoms with E-state index in [1.807, 2.05) is 56.3 Å². The lowest BCUT2D eigenvalue weighted by molar-refractivity contribution is -0.159. The third kappa shape index (κ3) is 5.22. The van der Waals surface area contributed by atoms with E-state index in [9.17, 15) is 9.59 Å². The fourth-order valence-electron chi connectivity index (χ4n) is 5.80. The summed E-state index contributed by atoms with van der Waals surface area (Å²) in [5, 5.41) is 0. The molecule has 1 aliphatic carbocycles. The molecule has 8 heteroatoms. The van der Waals surface area contributed by atoms with Crippen molar-refractivity contribution in [3.05, 3.63) is 117 Å². The summed E-state index contributed by atoms with van der Waals surface area (Å²) in [6.07, 6.45) is 2.61. The van der Waals surface area contributed by atoms with Gasteiger partial charge in [0.2, 0.25) is 0 Å². The highest BCUT2D eigenvalue weighted by Gasteiger charge is 2.49. The average molecular weight is 570 g/mol. The number of nitrogens with one attached hydrogen (secondary N) is 1. The minimum absolute atomic E-state index is 0.0278. The van der Waals surface area contributed by atoms with Crippen molar-refractivity contribution in [2.24, 2.45) is 0 Å². The molecule has 3 aromatic carbocycles. The number of nitrogens with zero attached hydrogens (tertiary/aromatic N) is 2. The van der Waals surface area contributed by atoms with E-state index in [1.54, 1.807) is 18.2 Å². The zero-order valence-electron chi connectivity index (χ0n) is 23.7. The standard InChI is InChI=1S/C34H33F2N3O3/c1-22(2)42-27-14-7-10-24(20-27)23-9-6-13-26(19-23)34(35,36)32(41)39-18-8-15-29-28(21-39)30(40)38-31(37-29)33(16-17-33)25-11-4-3-5-12-25/h3-7,9-14,19-20,22H,8,15-18,21H2,1-2H3,(H,37,38,40). The van der Waals surface area contributed by atoms with Crippen LogP contribution >= 0.6 is 0 Å². The van der Waals surface area contributed by atoms with Crippen molar-refractivity contribution in [1.29, 1.82) is 0 Å². The second-order valence-electron chi connectivity index (χ2n) is 11.5. The van der Waals surface area contributed by atoms with Gasteiger partial charge in [0.25, 0.3) is 11.5 Å². The van der Waals surface area contributed by atoms with Crippen molar-refractivity contribution in [2.45, 2.75) is 63.5 Å². The monoisotopic (exact) mass is 569 g/mol. The lowest BCUT2D eigenvalue weighted by Crippen LogP contribution is -2.42. The maximum Gasteiger partial charge on any atom is 0.349 e. The van der Waals surface area contributed by atoms with Crippen LogP contribution < -0.4 is 10.3 Å². The Morgan fingerprint density at radius 2 is 1.71 bits per heavy atom. The predicted molar refractivity (Wildman–Crippen MR) is 157 cm³/mol. The van der Waals surface area contributed by atoms with E-state index in [0.29, 0.717) is 41.2 Å². The van der Waals surface area contributed by atoms with Gasteiger partial charge in [0.05, 0.1) is 29.3 Å². The molecule has 42 heavy (non-hydrogen) atoms. The Bertz CT molecular complexity index is 1680. The molecule has 0 spiro atoms. The van der Waals surface area contributed by atoms with Crippen LogP contribution in [0, 0.1) is 0 Å². The highest BCUT2D eigenvalue weighted by Crippen LogP contribution is 2.52. The number of carbonyl (C=O) groups is 1. The maximum absolute atomic E-state index is 15.8. The molecule has 4 aromatic rings. The summed E-state index contributed by atoms with van der Waals surface area (Å²) in [5.74, 6) is -3.85. The van der Waals surface area contributed by atoms with E-state index >= 15 is 8.78 Å². The molecule has 1 aliphatic heterocycles. The molecule has 0 saturated heterocycles. The zero-order chi connectivity index (χ0) is 29.5. The van der Waals surface area contributed by atoms with Crippen molar-refractivity contribution >= 4 is 5.91 Å². The van der Waals surface area contributed by atoms with Gasteiger partial charge in [-0.3, -0.25) is 9.59 Å². The number of aryl methyl sites for hydroxylation is 1. The number of fused-ring (bicyclic) bond motifs is 1. The number of hydrogen-bond acceptors (Lipinski definition) is 4. The molecule has 2 heterocycles. The fraction of sp³-hybridized carbons (Fsp3) is 0.324. The minimum atomic E-state index is -3.78. The molecular formula is C34H33F2N3O3. The molecule has 1 fully saturated rings. The first-order valence-electron chi connectivity index (χ1n) is 14.4. The zero-order valence-corrected chi connectivity index (χ0v) is 23.7. The first kappa shape index (κ1) is 27.8. The number of benzene rings is 3. The van der Waals surface area contributed by atoms with Crippen molar-refractivity contribution in [1.82, 2.24) is 14.9 Å². The smallest absolute Gasteiger partial charge is 0.349 e. The molecule has 1 aromatic heterocycles. The van der Waals surface area contributed by atoms with Crippen LogP contribution in [0.3, 0.4) is 0 Å². The normalized spacial score (nSPS) is 16.1. The Hall–Kier alpha value is -4.33. The third-order valence-corrected chi connectivity index (χ3v) is 8.14. The molecule has 0 radical (unpaired) electrons. The molecule has 1 saturated carbocycles. The summed E-state index contributed by atoms with van der Waals surface area (Å²) >= 11 is 0. The van der Waals surface area contributed by atoms with Crippen LogP contribution in [0.25, 0.3) is 11.1 Å². The molecule has 6 rings (SSSR count). The number of rotatable bonds is 7. The number of aromatic nitrogens is 2. The first-order chi connectivity index (χ1) is 20.2. The lowest BCUT2D eigenvalue weighted by Gasteiger charge is -2.26. The Labute approximate surface area is 243 Å². The molecule has 1 amide bonds. The second-order valence-corrected chi connectivity index (χ2v) is 11.5. The Morgan fingerprint density at radius 1 is 1.00 bits per heavy atom. The number of aromatic amines is 1. The van der Waals surface area contributed by atoms with E-state index in [0.717, 1.165) is 23.3 Å². The van der Waals surface area contributed by atoms with Crippen LogP contribution in [0.2, 0.25) is 0 Å². The van der Waals surface area contributed by atoms with Gasteiger partial charge in [-0.1, -0.05) is 60.7 Å². The number of alkyl halides is 2. The van der Waals surface area contributed by atoms with Gasteiger partial charge in [0, 0.05) is 12.1 Å². The Kier molecular flexibility index (Phi) is 7.17. The average Bonchev–Trinajstić information content (AvgIpc) is 3.82. The highest BCUT2D eigenvalue weighted by atomic mass is 19.3. The number of carbonyl (C=O) groups excluding carboxylic acids is 1. The van der Waals surface area contributed by atoms with Gasteiger partial charge in [-0.2, -0.15) is 8.78 Å². The van der Waals surface area contributed by atoms with Crippen LogP contribution in [0.1, 0.15) is 61.3 Å². The molecule has 6 nitrogen and oxygen atoms in total. The number of halogens is 2. The first-order valence-corrected chi connectivity index (χ1v) is 14.4. The van der Waals surface area contributed by atoms with Gasteiger partial charge in [-0.15, -0.1) is 0 Å². The van der Waals surface area contributed by atoms with Crippen LogP contribution in [0.4, 0.5) is 8.78 Å². The van der Waals surface area contributed by atoms with Gasteiger partial charge in [-0.05, 0) is 74.4 Å². The van der Waals surface area contributed by atoms with Crippen molar-refractivity contribution in [3.63, 3.8) is 0 Å². The summed E-state index contributed by atoms with van der Waals surface area (Å²) in [6.45, 7) is 3.73. The number of amides is 1. The van der Waals surface area contributed by atoms with Crippen LogP contribution in [0.15, 0.2) is 83.7 Å². The topological polar surface area (TPSA) is 75.3 Å². The highest BCUT2D eigenvalue weighted by molar-refractivity contribution is 5.85. The molecule has 0 atom stereocenters. The van der Waals surface area contributed by atoms with Gasteiger partial charge < -0.3 is 14.6 Å². The number of H-pyrrole nitrogens is 1. The van der Waals surface area contributed by atoms with Gasteiger partial charge in [0.15, 0.2) is 0 Å². The minimum Gasteiger partial charge on any atom is -0.491 e. The summed E-state index contributed by atoms with van der Waals surface area (Å²) < 4.78 is 37.3. The SMILES string of the molecule is CC(C)Oc1cccc(-c2cccc(C(F)(F)C(=O)N3CCCc4nc(C5(c6ccccc6)CC5)[nH]c(=O)c4C3)c2)c1. The van der Waals surface area contributed by atoms with Crippen LogP contribution in [0.5, 0.6) is 5.75 Å². The van der Waals surface area contributed by atoms with Gasteiger partial charge in [-0.25, -0.2) is 4.98 Å². The molecule has 0 unspecified atom stereocenters. The van der Waals surface area contributed by atoms with Crippen molar-refractivity contribution in [2.75, 3.05) is 6.54 Å². The van der Waals surface area contributed by atoms with Gasteiger partial charge in [0.1, 0.15) is 11.6 Å². The summed E-state index contributed by atoms with van der Waals surface area (Å²) in [4.78, 5) is 35.5. The van der Waals surface area contributed by atoms with E-state index in [2.05, 4.69) is 4.98 Å². The Morgan fingerprint density at radius 3 is 2.43 bits per heavy atom. The predicted octanol–water partition coefficient (Wildman–Crippen LogP) is 6.37. The fourth-order valence-corrected chi connectivity index (χ4v) is 5.80. The van der Waals surface area contributed by atoms with Crippen LogP contribution in [-0.2, 0) is 29.1 Å².